The highest BCUT2D eigenvalue weighted by Crippen LogP contribution is 2.43. The van der Waals surface area contributed by atoms with Gasteiger partial charge in [-0.25, -0.2) is 0 Å². The molecule has 0 spiro atoms. The quantitative estimate of drug-likeness (QED) is 0.200. The maximum absolute atomic E-state index is 6.21. The van der Waals surface area contributed by atoms with Crippen molar-refractivity contribution in [3.63, 3.8) is 0 Å². The number of anilines is 3. The van der Waals surface area contributed by atoms with Crippen LogP contribution in [0.25, 0.3) is 65.7 Å². The summed E-state index contributed by atoms with van der Waals surface area (Å²) in [6.45, 7) is 0. The van der Waals surface area contributed by atoms with Gasteiger partial charge in [-0.15, -0.1) is 0 Å². The monoisotopic (exact) mass is 588 g/mol. The fraction of sp³-hybridized carbons (Fsp3) is 0. The first-order chi connectivity index (χ1) is 22.8. The number of nitrogens with zero attached hydrogens (tertiary/aromatic N) is 2. The molecule has 0 fully saturated rings. The Kier molecular flexibility index (Phi) is 6.14. The molecule has 0 saturated carbocycles. The van der Waals surface area contributed by atoms with Crippen molar-refractivity contribution in [3.8, 4) is 22.3 Å². The van der Waals surface area contributed by atoms with Crippen molar-refractivity contribution in [2.75, 3.05) is 4.90 Å². The van der Waals surface area contributed by atoms with Gasteiger partial charge in [-0.1, -0.05) is 103 Å². The van der Waals surface area contributed by atoms with E-state index in [4.69, 9.17) is 4.42 Å². The van der Waals surface area contributed by atoms with Gasteiger partial charge >= 0.3 is 0 Å². The Morgan fingerprint density at radius 3 is 1.93 bits per heavy atom. The van der Waals surface area contributed by atoms with E-state index in [2.05, 4.69) is 162 Å². The average Bonchev–Trinajstić information content (AvgIpc) is 3.52. The Bertz CT molecular complexity index is 2520. The average molecular weight is 589 g/mol. The molecule has 0 radical (unpaired) electrons. The fourth-order valence-corrected chi connectivity index (χ4v) is 6.71. The number of rotatable bonds is 5. The minimum Gasteiger partial charge on any atom is -0.454 e. The van der Waals surface area contributed by atoms with Gasteiger partial charge in [0.1, 0.15) is 5.58 Å². The Balaban J connectivity index is 1.26. The van der Waals surface area contributed by atoms with Crippen LogP contribution in [-0.2, 0) is 0 Å². The van der Waals surface area contributed by atoms with E-state index in [0.717, 1.165) is 49.8 Å². The maximum atomic E-state index is 6.21. The summed E-state index contributed by atoms with van der Waals surface area (Å²) in [6.07, 6.45) is 3.63. The van der Waals surface area contributed by atoms with Gasteiger partial charge in [0.2, 0.25) is 0 Å². The third kappa shape index (κ3) is 4.41. The molecule has 0 unspecified atom stereocenters. The van der Waals surface area contributed by atoms with Gasteiger partial charge in [-0.2, -0.15) is 0 Å². The molecule has 0 aliphatic rings. The lowest BCUT2D eigenvalue weighted by Crippen LogP contribution is -2.10. The predicted molar refractivity (Wildman–Crippen MR) is 192 cm³/mol. The number of furan rings is 1. The second-order valence-corrected chi connectivity index (χ2v) is 11.6. The van der Waals surface area contributed by atoms with Gasteiger partial charge in [0.05, 0.1) is 11.9 Å². The Hall–Kier alpha value is -6.19. The zero-order chi connectivity index (χ0) is 30.5. The molecule has 3 heteroatoms. The zero-order valence-electron chi connectivity index (χ0n) is 25.0. The first-order valence-electron chi connectivity index (χ1n) is 15.5. The van der Waals surface area contributed by atoms with E-state index < -0.39 is 0 Å². The molecule has 0 N–H and O–H groups in total. The summed E-state index contributed by atoms with van der Waals surface area (Å²) in [5, 5.41) is 6.90. The van der Waals surface area contributed by atoms with E-state index in [1.165, 1.54) is 33.0 Å². The molecule has 46 heavy (non-hydrogen) atoms. The van der Waals surface area contributed by atoms with Crippen molar-refractivity contribution in [2.24, 2.45) is 0 Å². The van der Waals surface area contributed by atoms with Crippen LogP contribution in [-0.4, -0.2) is 4.98 Å². The lowest BCUT2D eigenvalue weighted by atomic mass is 9.99. The molecule has 9 aromatic rings. The van der Waals surface area contributed by atoms with Crippen LogP contribution < -0.4 is 4.90 Å². The number of hydrogen-bond acceptors (Lipinski definition) is 3. The predicted octanol–water partition coefficient (Wildman–Crippen LogP) is 12.1. The fourth-order valence-electron chi connectivity index (χ4n) is 6.71. The Morgan fingerprint density at radius 2 is 1.13 bits per heavy atom. The molecule has 0 bridgehead atoms. The standard InChI is InChI=1S/C43H28N2O/c1-3-8-29(9-4-1)31-16-19-35(20-17-31)45(36-21-18-32-14-15-33(26-34(32)27-36)30-10-5-2-6-11-30)40-13-7-12-38-37(40)22-23-41-43(38)39-24-25-44-28-42(39)46-41/h1-28H. The Morgan fingerprint density at radius 1 is 0.435 bits per heavy atom. The molecule has 0 amide bonds. The van der Waals surface area contributed by atoms with Crippen molar-refractivity contribution >= 4 is 60.5 Å². The van der Waals surface area contributed by atoms with Gasteiger partial charge in [0.25, 0.3) is 0 Å². The molecule has 0 atom stereocenters. The molecule has 9 rings (SSSR count). The third-order valence-corrected chi connectivity index (χ3v) is 8.94. The maximum Gasteiger partial charge on any atom is 0.153 e. The summed E-state index contributed by atoms with van der Waals surface area (Å²) in [5.74, 6) is 0. The van der Waals surface area contributed by atoms with Crippen LogP contribution in [0.5, 0.6) is 0 Å². The van der Waals surface area contributed by atoms with Gasteiger partial charge in [-0.3, -0.25) is 4.98 Å². The van der Waals surface area contributed by atoms with Crippen LogP contribution >= 0.6 is 0 Å². The van der Waals surface area contributed by atoms with Crippen molar-refractivity contribution in [2.45, 2.75) is 0 Å². The van der Waals surface area contributed by atoms with Crippen LogP contribution in [0.15, 0.2) is 175 Å². The van der Waals surface area contributed by atoms with E-state index in [1.807, 2.05) is 12.3 Å². The van der Waals surface area contributed by atoms with Gasteiger partial charge in [0.15, 0.2) is 5.58 Å². The molecule has 216 valence electrons. The zero-order valence-corrected chi connectivity index (χ0v) is 25.0. The second kappa shape index (κ2) is 10.8. The summed E-state index contributed by atoms with van der Waals surface area (Å²) in [5.41, 5.74) is 9.77. The normalized spacial score (nSPS) is 11.5. The highest BCUT2D eigenvalue weighted by atomic mass is 16.3. The van der Waals surface area contributed by atoms with Crippen molar-refractivity contribution < 1.29 is 4.42 Å². The van der Waals surface area contributed by atoms with E-state index in [0.29, 0.717) is 0 Å². The smallest absolute Gasteiger partial charge is 0.153 e. The largest absolute Gasteiger partial charge is 0.454 e. The highest BCUT2D eigenvalue weighted by Gasteiger charge is 2.19. The molecule has 7 aromatic carbocycles. The summed E-state index contributed by atoms with van der Waals surface area (Å²) in [4.78, 5) is 6.67. The second-order valence-electron chi connectivity index (χ2n) is 11.6. The number of hydrogen-bond donors (Lipinski definition) is 0. The lowest BCUT2D eigenvalue weighted by molar-refractivity contribution is 0.667. The SMILES string of the molecule is c1ccc(-c2ccc(N(c3ccc4ccc(-c5ccccc5)cc4c3)c3cccc4c3ccc3oc5cnccc5c34)cc2)cc1. The molecular formula is C43H28N2O. The Labute approximate surface area is 266 Å². The van der Waals surface area contributed by atoms with E-state index >= 15 is 0 Å². The van der Waals surface area contributed by atoms with E-state index in [9.17, 15) is 0 Å². The lowest BCUT2D eigenvalue weighted by Gasteiger charge is -2.27. The number of pyridine rings is 1. The van der Waals surface area contributed by atoms with Crippen molar-refractivity contribution in [1.29, 1.82) is 0 Å². The molecule has 2 heterocycles. The topological polar surface area (TPSA) is 29.3 Å². The molecule has 0 aliphatic heterocycles. The first kappa shape index (κ1) is 26.2. The molecule has 2 aromatic heterocycles. The molecule has 3 nitrogen and oxygen atoms in total. The summed E-state index contributed by atoms with van der Waals surface area (Å²) >= 11 is 0. The minimum atomic E-state index is 0.799. The number of fused-ring (bicyclic) bond motifs is 6. The van der Waals surface area contributed by atoms with E-state index in [-0.39, 0.29) is 0 Å². The first-order valence-corrected chi connectivity index (χ1v) is 15.5. The van der Waals surface area contributed by atoms with E-state index in [1.54, 1.807) is 6.20 Å². The summed E-state index contributed by atoms with van der Waals surface area (Å²) in [6, 6.07) is 56.3. The summed E-state index contributed by atoms with van der Waals surface area (Å²) < 4.78 is 6.21. The third-order valence-electron chi connectivity index (χ3n) is 8.94. The van der Waals surface area contributed by atoms with Crippen LogP contribution in [0.3, 0.4) is 0 Å². The summed E-state index contributed by atoms with van der Waals surface area (Å²) in [7, 11) is 0. The molecular weight excluding hydrogens is 560 g/mol. The van der Waals surface area contributed by atoms with Crippen LogP contribution in [0.2, 0.25) is 0 Å². The number of aromatic nitrogens is 1. The van der Waals surface area contributed by atoms with Crippen LogP contribution in [0.4, 0.5) is 17.1 Å². The van der Waals surface area contributed by atoms with Crippen LogP contribution in [0, 0.1) is 0 Å². The van der Waals surface area contributed by atoms with Gasteiger partial charge in [0, 0.05) is 33.7 Å². The minimum absolute atomic E-state index is 0.799. The van der Waals surface area contributed by atoms with Crippen molar-refractivity contribution in [1.82, 2.24) is 4.98 Å². The highest BCUT2D eigenvalue weighted by molar-refractivity contribution is 6.21. The van der Waals surface area contributed by atoms with Gasteiger partial charge < -0.3 is 9.32 Å². The number of benzene rings is 7. The van der Waals surface area contributed by atoms with Crippen molar-refractivity contribution in [3.05, 3.63) is 170 Å². The van der Waals surface area contributed by atoms with Crippen LogP contribution in [0.1, 0.15) is 0 Å². The van der Waals surface area contributed by atoms with Gasteiger partial charge in [-0.05, 0) is 93.0 Å². The molecule has 0 aliphatic carbocycles. The molecule has 0 saturated heterocycles.